The number of hydrogen-bond acceptors (Lipinski definition) is 2. The first-order chi connectivity index (χ1) is 14.2. The van der Waals surface area contributed by atoms with Crippen LogP contribution in [0.1, 0.15) is 29.4 Å². The van der Waals surface area contributed by atoms with E-state index in [0.717, 1.165) is 24.3 Å². The van der Waals surface area contributed by atoms with Crippen LogP contribution in [0.15, 0.2) is 67.0 Å². The smallest absolute Gasteiger partial charge is 0.254 e. The van der Waals surface area contributed by atoms with E-state index < -0.39 is 0 Å². The number of para-hydroxylation sites is 1. The lowest BCUT2D eigenvalue weighted by atomic mass is 10.2. The number of nitrogens with one attached hydrogen (secondary N) is 1. The van der Waals surface area contributed by atoms with Crippen LogP contribution in [0.4, 0.5) is 4.39 Å². The molecule has 2 aromatic heterocycles. The molecule has 0 aliphatic rings. The molecule has 2 aromatic carbocycles. The molecule has 1 amide bonds. The number of amides is 1. The third-order valence-electron chi connectivity index (χ3n) is 5.06. The number of benzene rings is 2. The molecule has 0 aliphatic carbocycles. The van der Waals surface area contributed by atoms with E-state index in [0.29, 0.717) is 18.5 Å². The number of nitrogens with zero attached hydrogens (tertiary/aromatic N) is 3. The zero-order valence-corrected chi connectivity index (χ0v) is 16.3. The Labute approximate surface area is 168 Å². The molecule has 0 radical (unpaired) electrons. The molecule has 4 rings (SSSR count). The molecule has 0 spiro atoms. The summed E-state index contributed by atoms with van der Waals surface area (Å²) in [5.74, 6) is -0.431. The zero-order chi connectivity index (χ0) is 20.2. The molecule has 0 unspecified atom stereocenters. The zero-order valence-electron chi connectivity index (χ0n) is 16.3. The van der Waals surface area contributed by atoms with Crippen molar-refractivity contribution < 1.29 is 9.18 Å². The number of fused-ring (bicyclic) bond motifs is 1. The van der Waals surface area contributed by atoms with Crippen LogP contribution in [0.25, 0.3) is 16.6 Å². The van der Waals surface area contributed by atoms with Gasteiger partial charge in [0.2, 0.25) is 0 Å². The third kappa shape index (κ3) is 3.92. The Kier molecular flexibility index (Phi) is 5.42. The van der Waals surface area contributed by atoms with Gasteiger partial charge in [0.25, 0.3) is 5.91 Å². The molecular weight excluding hydrogens is 367 g/mol. The maximum atomic E-state index is 13.2. The normalized spacial score (nSPS) is 11.1. The first-order valence-electron chi connectivity index (χ1n) is 9.82. The summed E-state index contributed by atoms with van der Waals surface area (Å²) in [4.78, 5) is 12.7. The second kappa shape index (κ2) is 8.31. The van der Waals surface area contributed by atoms with Gasteiger partial charge >= 0.3 is 0 Å². The summed E-state index contributed by atoms with van der Waals surface area (Å²) in [5.41, 5.74) is 3.31. The van der Waals surface area contributed by atoms with E-state index in [9.17, 15) is 9.18 Å². The van der Waals surface area contributed by atoms with Crippen molar-refractivity contribution in [1.29, 1.82) is 0 Å². The SMILES string of the molecule is CCc1c(C(=O)NCCCn2ccc3ccccc32)cnn1-c1ccc(F)cc1. The predicted molar refractivity (Wildman–Crippen MR) is 112 cm³/mol. The highest BCUT2D eigenvalue weighted by molar-refractivity contribution is 5.95. The van der Waals surface area contributed by atoms with Gasteiger partial charge in [-0.1, -0.05) is 25.1 Å². The van der Waals surface area contributed by atoms with Crippen molar-refractivity contribution in [3.05, 3.63) is 84.1 Å². The minimum absolute atomic E-state index is 0.132. The summed E-state index contributed by atoms with van der Waals surface area (Å²) >= 11 is 0. The van der Waals surface area contributed by atoms with Crippen molar-refractivity contribution in [3.8, 4) is 5.69 Å². The minimum atomic E-state index is -0.299. The van der Waals surface area contributed by atoms with Gasteiger partial charge in [0, 0.05) is 24.8 Å². The minimum Gasteiger partial charge on any atom is -0.352 e. The summed E-state index contributed by atoms with van der Waals surface area (Å²) in [6, 6.07) is 16.5. The van der Waals surface area contributed by atoms with Crippen molar-refractivity contribution in [2.45, 2.75) is 26.3 Å². The van der Waals surface area contributed by atoms with Gasteiger partial charge in [0.15, 0.2) is 0 Å². The molecule has 4 aromatic rings. The summed E-state index contributed by atoms with van der Waals surface area (Å²) < 4.78 is 17.1. The second-order valence-electron chi connectivity index (χ2n) is 6.92. The molecule has 0 fully saturated rings. The molecule has 148 valence electrons. The number of aromatic nitrogens is 3. The van der Waals surface area contributed by atoms with Gasteiger partial charge in [-0.3, -0.25) is 4.79 Å². The van der Waals surface area contributed by atoms with E-state index in [4.69, 9.17) is 0 Å². The molecule has 0 atom stereocenters. The lowest BCUT2D eigenvalue weighted by Crippen LogP contribution is -2.26. The summed E-state index contributed by atoms with van der Waals surface area (Å²) in [5, 5.41) is 8.55. The molecule has 2 heterocycles. The van der Waals surface area contributed by atoms with Crippen molar-refractivity contribution >= 4 is 16.8 Å². The fraction of sp³-hybridized carbons (Fsp3) is 0.217. The maximum absolute atomic E-state index is 13.2. The quantitative estimate of drug-likeness (QED) is 0.477. The molecular formula is C23H23FN4O. The fourth-order valence-electron chi connectivity index (χ4n) is 3.59. The summed E-state index contributed by atoms with van der Waals surface area (Å²) in [7, 11) is 0. The number of rotatable bonds is 7. The summed E-state index contributed by atoms with van der Waals surface area (Å²) in [6.07, 6.45) is 5.14. The third-order valence-corrected chi connectivity index (χ3v) is 5.06. The van der Waals surface area contributed by atoms with Gasteiger partial charge in [0.1, 0.15) is 5.82 Å². The van der Waals surface area contributed by atoms with E-state index in [1.54, 1.807) is 23.0 Å². The average Bonchev–Trinajstić information content (AvgIpc) is 3.36. The molecule has 0 aliphatic heterocycles. The molecule has 6 heteroatoms. The Morgan fingerprint density at radius 2 is 1.90 bits per heavy atom. The molecule has 1 N–H and O–H groups in total. The number of halogens is 1. The Balaban J connectivity index is 1.39. The van der Waals surface area contributed by atoms with Crippen LogP contribution in [0, 0.1) is 5.82 Å². The van der Waals surface area contributed by atoms with Gasteiger partial charge in [-0.15, -0.1) is 0 Å². The Morgan fingerprint density at radius 3 is 2.69 bits per heavy atom. The molecule has 0 bridgehead atoms. The van der Waals surface area contributed by atoms with Crippen LogP contribution in [-0.2, 0) is 13.0 Å². The summed E-state index contributed by atoms with van der Waals surface area (Å²) in [6.45, 7) is 3.39. The van der Waals surface area contributed by atoms with E-state index in [1.165, 1.54) is 23.0 Å². The van der Waals surface area contributed by atoms with Crippen LogP contribution >= 0.6 is 0 Å². The van der Waals surface area contributed by atoms with Crippen LogP contribution in [0.5, 0.6) is 0 Å². The standard InChI is InChI=1S/C23H23FN4O/c1-2-21-20(16-26-28(21)19-10-8-18(24)9-11-19)23(29)25-13-5-14-27-15-12-17-6-3-4-7-22(17)27/h3-4,6-12,15-16H,2,5,13-14H2,1H3,(H,25,29). The Hall–Kier alpha value is -3.41. The topological polar surface area (TPSA) is 51.9 Å². The van der Waals surface area contributed by atoms with Gasteiger partial charge in [-0.05, 0) is 54.6 Å². The Bertz CT molecular complexity index is 1130. The number of carbonyl (C=O) groups is 1. The van der Waals surface area contributed by atoms with Gasteiger partial charge in [-0.25, -0.2) is 9.07 Å². The highest BCUT2D eigenvalue weighted by Gasteiger charge is 2.17. The van der Waals surface area contributed by atoms with Crippen LogP contribution in [0.2, 0.25) is 0 Å². The van der Waals surface area contributed by atoms with E-state index in [-0.39, 0.29) is 11.7 Å². The largest absolute Gasteiger partial charge is 0.352 e. The van der Waals surface area contributed by atoms with Crippen molar-refractivity contribution in [3.63, 3.8) is 0 Å². The Morgan fingerprint density at radius 1 is 1.10 bits per heavy atom. The highest BCUT2D eigenvalue weighted by Crippen LogP contribution is 2.17. The lowest BCUT2D eigenvalue weighted by Gasteiger charge is -2.09. The van der Waals surface area contributed by atoms with E-state index >= 15 is 0 Å². The average molecular weight is 390 g/mol. The molecule has 0 saturated heterocycles. The first-order valence-corrected chi connectivity index (χ1v) is 9.82. The predicted octanol–water partition coefficient (Wildman–Crippen LogP) is 4.35. The van der Waals surface area contributed by atoms with Crippen molar-refractivity contribution in [1.82, 2.24) is 19.7 Å². The lowest BCUT2D eigenvalue weighted by molar-refractivity contribution is 0.0952. The second-order valence-corrected chi connectivity index (χ2v) is 6.92. The first kappa shape index (κ1) is 18.9. The van der Waals surface area contributed by atoms with Crippen LogP contribution in [0.3, 0.4) is 0 Å². The monoisotopic (exact) mass is 390 g/mol. The fourth-order valence-corrected chi connectivity index (χ4v) is 3.59. The number of hydrogen-bond donors (Lipinski definition) is 1. The molecule has 0 saturated carbocycles. The van der Waals surface area contributed by atoms with Gasteiger partial charge in [0.05, 0.1) is 23.1 Å². The maximum Gasteiger partial charge on any atom is 0.254 e. The number of aryl methyl sites for hydroxylation is 1. The number of carbonyl (C=O) groups excluding carboxylic acids is 1. The molecule has 29 heavy (non-hydrogen) atoms. The van der Waals surface area contributed by atoms with Gasteiger partial charge < -0.3 is 9.88 Å². The van der Waals surface area contributed by atoms with Crippen LogP contribution in [-0.4, -0.2) is 26.8 Å². The van der Waals surface area contributed by atoms with Crippen molar-refractivity contribution in [2.75, 3.05) is 6.54 Å². The van der Waals surface area contributed by atoms with E-state index in [2.05, 4.69) is 39.4 Å². The molecule has 5 nitrogen and oxygen atoms in total. The highest BCUT2D eigenvalue weighted by atomic mass is 19.1. The van der Waals surface area contributed by atoms with Gasteiger partial charge in [-0.2, -0.15) is 5.10 Å². The van der Waals surface area contributed by atoms with E-state index in [1.807, 2.05) is 19.1 Å². The van der Waals surface area contributed by atoms with Crippen molar-refractivity contribution in [2.24, 2.45) is 0 Å². The van der Waals surface area contributed by atoms with Crippen LogP contribution < -0.4 is 5.32 Å².